The van der Waals surface area contributed by atoms with E-state index in [0.29, 0.717) is 10.4 Å². The van der Waals surface area contributed by atoms with Gasteiger partial charge in [-0.05, 0) is 37.0 Å². The molecular formula is C12H18N2S2. The fourth-order valence-corrected chi connectivity index (χ4v) is 1.78. The molecular weight excluding hydrogens is 236 g/mol. The Morgan fingerprint density at radius 1 is 1.38 bits per heavy atom. The van der Waals surface area contributed by atoms with E-state index in [4.69, 9.17) is 12.2 Å². The molecule has 4 heteroatoms. The third-order valence-corrected chi connectivity index (χ3v) is 3.56. The van der Waals surface area contributed by atoms with Crippen molar-refractivity contribution in [3.05, 3.63) is 30.3 Å². The summed E-state index contributed by atoms with van der Waals surface area (Å²) in [4.78, 5) is 0. The van der Waals surface area contributed by atoms with Gasteiger partial charge in [-0.1, -0.05) is 25.1 Å². The molecule has 0 aromatic heterocycles. The normalized spacial score (nSPS) is 11.9. The second-order valence-corrected chi connectivity index (χ2v) is 5.27. The summed E-state index contributed by atoms with van der Waals surface area (Å²) in [7, 11) is 0. The molecule has 0 aliphatic carbocycles. The highest BCUT2D eigenvalue weighted by atomic mass is 32.2. The predicted octanol–water partition coefficient (Wildman–Crippen LogP) is 3.11. The monoisotopic (exact) mass is 254 g/mol. The minimum atomic E-state index is 0.673. The molecule has 88 valence electrons. The van der Waals surface area contributed by atoms with Crippen LogP contribution in [0.4, 0.5) is 5.69 Å². The molecule has 0 amide bonds. The Labute approximate surface area is 107 Å². The van der Waals surface area contributed by atoms with Gasteiger partial charge in [-0.2, -0.15) is 11.8 Å². The van der Waals surface area contributed by atoms with Crippen molar-refractivity contribution in [3.63, 3.8) is 0 Å². The lowest BCUT2D eigenvalue weighted by Crippen LogP contribution is -2.30. The molecule has 0 aliphatic heterocycles. The van der Waals surface area contributed by atoms with E-state index in [-0.39, 0.29) is 0 Å². The SMILES string of the molecule is CSC(C)CCNC(=S)Nc1ccccc1. The van der Waals surface area contributed by atoms with E-state index in [1.807, 2.05) is 42.1 Å². The molecule has 0 heterocycles. The summed E-state index contributed by atoms with van der Waals surface area (Å²) < 4.78 is 0. The Hall–Kier alpha value is -0.740. The van der Waals surface area contributed by atoms with Crippen LogP contribution >= 0.6 is 24.0 Å². The van der Waals surface area contributed by atoms with Crippen molar-refractivity contribution in [3.8, 4) is 0 Å². The molecule has 0 fully saturated rings. The van der Waals surface area contributed by atoms with Crippen LogP contribution in [-0.4, -0.2) is 23.2 Å². The quantitative estimate of drug-likeness (QED) is 0.789. The van der Waals surface area contributed by atoms with Gasteiger partial charge in [0.1, 0.15) is 0 Å². The maximum atomic E-state index is 5.20. The molecule has 0 spiro atoms. The van der Waals surface area contributed by atoms with E-state index in [2.05, 4.69) is 23.8 Å². The van der Waals surface area contributed by atoms with Gasteiger partial charge in [0.05, 0.1) is 0 Å². The number of hydrogen-bond donors (Lipinski definition) is 2. The first-order valence-corrected chi connectivity index (χ1v) is 7.04. The zero-order chi connectivity index (χ0) is 11.8. The van der Waals surface area contributed by atoms with E-state index in [9.17, 15) is 0 Å². The maximum Gasteiger partial charge on any atom is 0.170 e. The molecule has 0 aliphatic rings. The topological polar surface area (TPSA) is 24.1 Å². The van der Waals surface area contributed by atoms with Crippen LogP contribution in [0.1, 0.15) is 13.3 Å². The zero-order valence-electron chi connectivity index (χ0n) is 9.69. The average Bonchev–Trinajstić information content (AvgIpc) is 2.30. The minimum Gasteiger partial charge on any atom is -0.362 e. The van der Waals surface area contributed by atoms with Gasteiger partial charge >= 0.3 is 0 Å². The van der Waals surface area contributed by atoms with Crippen molar-refractivity contribution >= 4 is 34.8 Å². The number of anilines is 1. The van der Waals surface area contributed by atoms with Crippen molar-refractivity contribution in [2.45, 2.75) is 18.6 Å². The minimum absolute atomic E-state index is 0.673. The molecule has 1 aromatic rings. The number of para-hydroxylation sites is 1. The molecule has 1 atom stereocenters. The standard InChI is InChI=1S/C12H18N2S2/c1-10(16-2)8-9-13-12(15)14-11-6-4-3-5-7-11/h3-7,10H,8-9H2,1-2H3,(H2,13,14,15). The van der Waals surface area contributed by atoms with Crippen molar-refractivity contribution in [2.24, 2.45) is 0 Å². The third kappa shape index (κ3) is 5.37. The highest BCUT2D eigenvalue weighted by Crippen LogP contribution is 2.08. The van der Waals surface area contributed by atoms with Crippen LogP contribution in [0, 0.1) is 0 Å². The molecule has 0 radical (unpaired) electrons. The van der Waals surface area contributed by atoms with Crippen molar-refractivity contribution < 1.29 is 0 Å². The van der Waals surface area contributed by atoms with E-state index in [0.717, 1.165) is 18.7 Å². The average molecular weight is 254 g/mol. The van der Waals surface area contributed by atoms with Gasteiger partial charge in [-0.15, -0.1) is 0 Å². The lowest BCUT2D eigenvalue weighted by atomic mass is 10.3. The molecule has 0 saturated heterocycles. The van der Waals surface area contributed by atoms with Crippen LogP contribution < -0.4 is 10.6 Å². The summed E-state index contributed by atoms with van der Waals surface area (Å²) in [5, 5.41) is 7.72. The van der Waals surface area contributed by atoms with Crippen LogP contribution in [0.25, 0.3) is 0 Å². The van der Waals surface area contributed by atoms with Crippen molar-refractivity contribution in [1.29, 1.82) is 0 Å². The van der Waals surface area contributed by atoms with Crippen LogP contribution in [0.2, 0.25) is 0 Å². The van der Waals surface area contributed by atoms with Gasteiger partial charge in [0.25, 0.3) is 0 Å². The van der Waals surface area contributed by atoms with Crippen LogP contribution in [-0.2, 0) is 0 Å². The summed E-state index contributed by atoms with van der Waals surface area (Å²) >= 11 is 7.07. The fraction of sp³-hybridized carbons (Fsp3) is 0.417. The van der Waals surface area contributed by atoms with Gasteiger partial charge in [-0.3, -0.25) is 0 Å². The van der Waals surface area contributed by atoms with Crippen molar-refractivity contribution in [2.75, 3.05) is 18.1 Å². The van der Waals surface area contributed by atoms with Crippen LogP contribution in [0.15, 0.2) is 30.3 Å². The highest BCUT2D eigenvalue weighted by molar-refractivity contribution is 7.99. The summed E-state index contributed by atoms with van der Waals surface area (Å²) in [6.07, 6.45) is 3.25. The van der Waals surface area contributed by atoms with Crippen LogP contribution in [0.3, 0.4) is 0 Å². The molecule has 0 bridgehead atoms. The number of benzene rings is 1. The molecule has 1 aromatic carbocycles. The lowest BCUT2D eigenvalue weighted by Gasteiger charge is -2.12. The predicted molar refractivity (Wildman–Crippen MR) is 78.3 cm³/mol. The fourth-order valence-electron chi connectivity index (χ4n) is 1.20. The number of nitrogens with one attached hydrogen (secondary N) is 2. The first kappa shape index (κ1) is 13.3. The largest absolute Gasteiger partial charge is 0.362 e. The molecule has 2 nitrogen and oxygen atoms in total. The van der Waals surface area contributed by atoms with Gasteiger partial charge in [0, 0.05) is 17.5 Å². The zero-order valence-corrected chi connectivity index (χ0v) is 11.3. The van der Waals surface area contributed by atoms with E-state index >= 15 is 0 Å². The van der Waals surface area contributed by atoms with E-state index in [1.54, 1.807) is 0 Å². The number of rotatable bonds is 5. The number of thiocarbonyl (C=S) groups is 1. The van der Waals surface area contributed by atoms with Gasteiger partial charge in [-0.25, -0.2) is 0 Å². The maximum absolute atomic E-state index is 5.20. The van der Waals surface area contributed by atoms with Crippen LogP contribution in [0.5, 0.6) is 0 Å². The first-order chi connectivity index (χ1) is 7.72. The molecule has 0 saturated carbocycles. The Balaban J connectivity index is 2.21. The number of hydrogen-bond acceptors (Lipinski definition) is 2. The van der Waals surface area contributed by atoms with Gasteiger partial charge in [0.15, 0.2) is 5.11 Å². The molecule has 16 heavy (non-hydrogen) atoms. The molecule has 2 N–H and O–H groups in total. The van der Waals surface area contributed by atoms with E-state index < -0.39 is 0 Å². The van der Waals surface area contributed by atoms with Crippen molar-refractivity contribution in [1.82, 2.24) is 5.32 Å². The smallest absolute Gasteiger partial charge is 0.170 e. The molecule has 1 rings (SSSR count). The Morgan fingerprint density at radius 2 is 2.06 bits per heavy atom. The Kier molecular flexibility index (Phi) is 6.26. The third-order valence-electron chi connectivity index (χ3n) is 2.27. The second-order valence-electron chi connectivity index (χ2n) is 3.58. The highest BCUT2D eigenvalue weighted by Gasteiger charge is 2.00. The summed E-state index contributed by atoms with van der Waals surface area (Å²) in [6, 6.07) is 9.96. The summed E-state index contributed by atoms with van der Waals surface area (Å²) in [6.45, 7) is 3.14. The Bertz CT molecular complexity index is 314. The summed E-state index contributed by atoms with van der Waals surface area (Å²) in [5.74, 6) is 0. The Morgan fingerprint density at radius 3 is 2.69 bits per heavy atom. The summed E-state index contributed by atoms with van der Waals surface area (Å²) in [5.41, 5.74) is 1.03. The number of thioether (sulfide) groups is 1. The van der Waals surface area contributed by atoms with E-state index in [1.165, 1.54) is 0 Å². The van der Waals surface area contributed by atoms with Gasteiger partial charge < -0.3 is 10.6 Å². The lowest BCUT2D eigenvalue weighted by molar-refractivity contribution is 0.772. The first-order valence-electron chi connectivity index (χ1n) is 5.35. The molecule has 1 unspecified atom stereocenters. The second kappa shape index (κ2) is 7.52. The van der Waals surface area contributed by atoms with Gasteiger partial charge in [0.2, 0.25) is 0 Å².